The molecule has 0 N–H and O–H groups in total. The van der Waals surface area contributed by atoms with Crippen molar-refractivity contribution in [1.29, 1.82) is 0 Å². The van der Waals surface area contributed by atoms with Gasteiger partial charge in [-0.1, -0.05) is 68.4 Å². The molecule has 2 aromatic rings. The van der Waals surface area contributed by atoms with Crippen LogP contribution < -0.4 is 0 Å². The zero-order valence-corrected chi connectivity index (χ0v) is 14.9. The Balaban J connectivity index is 2.43. The lowest BCUT2D eigenvalue weighted by molar-refractivity contribution is 0.522. The number of hydrogen-bond donors (Lipinski definition) is 0. The molecule has 2 rings (SSSR count). The minimum atomic E-state index is -0.278. The predicted octanol–water partition coefficient (Wildman–Crippen LogP) is 6.54. The van der Waals surface area contributed by atoms with Gasteiger partial charge in [-0.25, -0.2) is 0 Å². The maximum atomic E-state index is 6.80. The average molecular weight is 315 g/mol. The van der Waals surface area contributed by atoms with E-state index >= 15 is 0 Å². The van der Waals surface area contributed by atoms with E-state index in [1.807, 2.05) is 0 Å². The van der Waals surface area contributed by atoms with Gasteiger partial charge in [-0.15, -0.1) is 11.6 Å². The Labute approximate surface area is 140 Å². The van der Waals surface area contributed by atoms with Crippen LogP contribution in [0.5, 0.6) is 0 Å². The van der Waals surface area contributed by atoms with E-state index in [2.05, 4.69) is 82.3 Å². The van der Waals surface area contributed by atoms with Crippen LogP contribution >= 0.6 is 11.6 Å². The highest BCUT2D eigenvalue weighted by Crippen LogP contribution is 2.40. The van der Waals surface area contributed by atoms with Crippen LogP contribution in [0.1, 0.15) is 62.6 Å². The molecule has 0 aromatic heterocycles. The fourth-order valence-electron chi connectivity index (χ4n) is 3.07. The van der Waals surface area contributed by atoms with Gasteiger partial charge in [0.05, 0.1) is 0 Å². The van der Waals surface area contributed by atoms with Crippen LogP contribution in [0.4, 0.5) is 0 Å². The predicted molar refractivity (Wildman–Crippen MR) is 98.0 cm³/mol. The summed E-state index contributed by atoms with van der Waals surface area (Å²) >= 11 is 6.80. The van der Waals surface area contributed by atoms with Crippen molar-refractivity contribution in [3.8, 4) is 0 Å². The van der Waals surface area contributed by atoms with Crippen molar-refractivity contribution in [2.24, 2.45) is 0 Å². The molecule has 0 amide bonds. The quantitative estimate of drug-likeness (QED) is 0.531. The third kappa shape index (κ3) is 4.14. The molecule has 118 valence electrons. The first-order valence-corrected chi connectivity index (χ1v) is 8.63. The molecule has 0 fully saturated rings. The van der Waals surface area contributed by atoms with Crippen LogP contribution in [0.2, 0.25) is 0 Å². The van der Waals surface area contributed by atoms with Gasteiger partial charge in [-0.2, -0.15) is 0 Å². The second kappa shape index (κ2) is 7.33. The number of rotatable bonds is 6. The zero-order chi connectivity index (χ0) is 16.2. The van der Waals surface area contributed by atoms with Crippen molar-refractivity contribution < 1.29 is 0 Å². The van der Waals surface area contributed by atoms with E-state index < -0.39 is 0 Å². The highest BCUT2D eigenvalue weighted by Gasteiger charge is 2.30. The maximum Gasteiger partial charge on any atom is 0.0462 e. The van der Waals surface area contributed by atoms with E-state index in [-0.39, 0.29) is 4.87 Å². The Bertz CT molecular complexity index is 580. The first kappa shape index (κ1) is 17.1. The van der Waals surface area contributed by atoms with E-state index in [4.69, 9.17) is 11.6 Å². The summed E-state index contributed by atoms with van der Waals surface area (Å²) in [6.45, 7) is 8.82. The molecule has 22 heavy (non-hydrogen) atoms. The summed E-state index contributed by atoms with van der Waals surface area (Å²) in [4.78, 5) is -0.278. The number of benzene rings is 2. The molecule has 2 unspecified atom stereocenters. The third-order valence-electron chi connectivity index (χ3n) is 4.63. The van der Waals surface area contributed by atoms with Crippen LogP contribution in [-0.4, -0.2) is 4.87 Å². The molecule has 2 atom stereocenters. The van der Waals surface area contributed by atoms with Gasteiger partial charge < -0.3 is 0 Å². The van der Waals surface area contributed by atoms with Gasteiger partial charge in [0.25, 0.3) is 0 Å². The molecule has 0 bridgehead atoms. The van der Waals surface area contributed by atoms with Crippen molar-refractivity contribution in [2.45, 2.75) is 57.2 Å². The van der Waals surface area contributed by atoms with E-state index in [9.17, 15) is 0 Å². The number of halogens is 1. The normalized spacial score (nSPS) is 14.6. The molecule has 0 saturated heterocycles. The Morgan fingerprint density at radius 2 is 1.45 bits per heavy atom. The van der Waals surface area contributed by atoms with Gasteiger partial charge in [-0.3, -0.25) is 0 Å². The summed E-state index contributed by atoms with van der Waals surface area (Å²) < 4.78 is 0. The molecule has 0 heterocycles. The fraction of sp³-hybridized carbons (Fsp3) is 0.429. The second-order valence-electron chi connectivity index (χ2n) is 6.74. The molecule has 0 spiro atoms. The summed E-state index contributed by atoms with van der Waals surface area (Å²) in [5.74, 6) is 0.871. The van der Waals surface area contributed by atoms with E-state index in [0.29, 0.717) is 11.8 Å². The highest BCUT2D eigenvalue weighted by molar-refractivity contribution is 6.24. The van der Waals surface area contributed by atoms with Crippen LogP contribution in [0, 0.1) is 0 Å². The maximum absolute atomic E-state index is 6.80. The standard InChI is InChI=1S/C21H27Cl/c1-5-16(2)18-13-9-10-14-19(18)20(21(3,4)22)15-17-11-7-6-8-12-17/h6-14,16,20H,5,15H2,1-4H3. The lowest BCUT2D eigenvalue weighted by atomic mass is 9.78. The SMILES string of the molecule is CCC(C)c1ccccc1C(Cc1ccccc1)C(C)(C)Cl. The molecule has 1 heteroatoms. The zero-order valence-electron chi connectivity index (χ0n) is 14.1. The molecule has 0 saturated carbocycles. The largest absolute Gasteiger partial charge is 0.119 e. The minimum Gasteiger partial charge on any atom is -0.119 e. The molecule has 0 aliphatic rings. The molecule has 0 radical (unpaired) electrons. The van der Waals surface area contributed by atoms with Gasteiger partial charge in [0.2, 0.25) is 0 Å². The van der Waals surface area contributed by atoms with Crippen molar-refractivity contribution in [2.75, 3.05) is 0 Å². The molecule has 2 aromatic carbocycles. The third-order valence-corrected chi connectivity index (χ3v) is 4.89. The Hall–Kier alpha value is -1.27. The summed E-state index contributed by atoms with van der Waals surface area (Å²) in [6.07, 6.45) is 2.13. The fourth-order valence-corrected chi connectivity index (χ4v) is 3.26. The van der Waals surface area contributed by atoms with E-state index in [1.54, 1.807) is 0 Å². The van der Waals surface area contributed by atoms with Gasteiger partial charge in [-0.05, 0) is 49.3 Å². The van der Waals surface area contributed by atoms with Crippen LogP contribution in [0.15, 0.2) is 54.6 Å². The van der Waals surface area contributed by atoms with E-state index in [1.165, 1.54) is 16.7 Å². The van der Waals surface area contributed by atoms with E-state index in [0.717, 1.165) is 12.8 Å². The monoisotopic (exact) mass is 314 g/mol. The summed E-state index contributed by atoms with van der Waals surface area (Å²) in [6, 6.07) is 19.5. The van der Waals surface area contributed by atoms with Crippen molar-refractivity contribution in [3.63, 3.8) is 0 Å². The van der Waals surface area contributed by atoms with Crippen molar-refractivity contribution in [3.05, 3.63) is 71.3 Å². The first-order valence-electron chi connectivity index (χ1n) is 8.25. The average Bonchev–Trinajstić information content (AvgIpc) is 2.52. The highest BCUT2D eigenvalue weighted by atomic mass is 35.5. The Kier molecular flexibility index (Phi) is 5.69. The minimum absolute atomic E-state index is 0.278. The second-order valence-corrected chi connectivity index (χ2v) is 7.72. The van der Waals surface area contributed by atoms with Crippen molar-refractivity contribution >= 4 is 11.6 Å². The molecule has 0 aliphatic carbocycles. The van der Waals surface area contributed by atoms with Crippen molar-refractivity contribution in [1.82, 2.24) is 0 Å². The summed E-state index contributed by atoms with van der Waals surface area (Å²) in [5, 5.41) is 0. The lowest BCUT2D eigenvalue weighted by Crippen LogP contribution is -2.26. The molecular formula is C21H27Cl. The number of alkyl halides is 1. The van der Waals surface area contributed by atoms with Gasteiger partial charge >= 0.3 is 0 Å². The molecule has 0 aliphatic heterocycles. The number of hydrogen-bond acceptors (Lipinski definition) is 0. The first-order chi connectivity index (χ1) is 10.4. The van der Waals surface area contributed by atoms with Crippen LogP contribution in [0.25, 0.3) is 0 Å². The van der Waals surface area contributed by atoms with Gasteiger partial charge in [0, 0.05) is 10.8 Å². The molecule has 0 nitrogen and oxygen atoms in total. The molecular weight excluding hydrogens is 288 g/mol. The Morgan fingerprint density at radius 3 is 2.00 bits per heavy atom. The Morgan fingerprint density at radius 1 is 0.909 bits per heavy atom. The summed E-state index contributed by atoms with van der Waals surface area (Å²) in [5.41, 5.74) is 4.19. The summed E-state index contributed by atoms with van der Waals surface area (Å²) in [7, 11) is 0. The van der Waals surface area contributed by atoms with Crippen LogP contribution in [-0.2, 0) is 6.42 Å². The smallest absolute Gasteiger partial charge is 0.0462 e. The topological polar surface area (TPSA) is 0 Å². The van der Waals surface area contributed by atoms with Gasteiger partial charge in [0.15, 0.2) is 0 Å². The van der Waals surface area contributed by atoms with Crippen LogP contribution in [0.3, 0.4) is 0 Å². The lowest BCUT2D eigenvalue weighted by Gasteiger charge is -2.32. The van der Waals surface area contributed by atoms with Gasteiger partial charge in [0.1, 0.15) is 0 Å².